The number of benzene rings is 2. The average Bonchev–Trinajstić information content (AvgIpc) is 2.42. The Bertz CT molecular complexity index is 1260. The molecular formula is C11H11N2NaO9S4. The maximum atomic E-state index is 11.7. The van der Waals surface area contributed by atoms with E-state index in [4.69, 9.17) is 10.3 Å². The molecule has 2 aromatic rings. The van der Waals surface area contributed by atoms with Crippen molar-refractivity contribution in [3.8, 4) is 0 Å². The second kappa shape index (κ2) is 7.86. The summed E-state index contributed by atoms with van der Waals surface area (Å²) in [6, 6.07) is 2.71. The number of nitrogens with two attached hydrogens (primary N) is 1. The molecule has 0 unspecified atom stereocenters. The predicted octanol–water partition coefficient (Wildman–Crippen LogP) is -2.65. The van der Waals surface area contributed by atoms with Crippen molar-refractivity contribution in [1.82, 2.24) is 0 Å². The van der Waals surface area contributed by atoms with Gasteiger partial charge in [0.25, 0.3) is 30.4 Å². The average molecular weight is 466 g/mol. The molecule has 0 bridgehead atoms. The number of hydrogen-bond donors (Lipinski definition) is 5. The molecule has 11 nitrogen and oxygen atoms in total. The van der Waals surface area contributed by atoms with E-state index in [1.807, 2.05) is 0 Å². The van der Waals surface area contributed by atoms with Crippen LogP contribution in [0.3, 0.4) is 0 Å². The van der Waals surface area contributed by atoms with E-state index in [1.54, 1.807) is 0 Å². The fourth-order valence-electron chi connectivity index (χ4n) is 2.15. The van der Waals surface area contributed by atoms with Crippen LogP contribution in [0.4, 0.5) is 5.69 Å². The first kappa shape index (κ1) is 24.2. The molecule has 16 heteroatoms. The van der Waals surface area contributed by atoms with Gasteiger partial charge in [0.15, 0.2) is 5.11 Å². The van der Waals surface area contributed by atoms with Crippen molar-refractivity contribution in [2.75, 3.05) is 5.32 Å². The van der Waals surface area contributed by atoms with Crippen LogP contribution in [0.15, 0.2) is 39.0 Å². The summed E-state index contributed by atoms with van der Waals surface area (Å²) in [7, 11) is -14.7. The van der Waals surface area contributed by atoms with Gasteiger partial charge in [0.2, 0.25) is 0 Å². The van der Waals surface area contributed by atoms with E-state index >= 15 is 0 Å². The van der Waals surface area contributed by atoms with Crippen LogP contribution in [0.1, 0.15) is 1.43 Å². The second-order valence-corrected chi connectivity index (χ2v) is 9.58. The van der Waals surface area contributed by atoms with Gasteiger partial charge in [-0.05, 0) is 41.9 Å². The molecule has 2 aromatic carbocycles. The molecule has 6 N–H and O–H groups in total. The van der Waals surface area contributed by atoms with Crippen LogP contribution in [0.25, 0.3) is 10.8 Å². The molecule has 0 aromatic heterocycles. The van der Waals surface area contributed by atoms with E-state index in [1.165, 1.54) is 0 Å². The van der Waals surface area contributed by atoms with Crippen molar-refractivity contribution < 1.29 is 69.9 Å². The van der Waals surface area contributed by atoms with Crippen LogP contribution >= 0.6 is 12.2 Å². The van der Waals surface area contributed by atoms with Crippen molar-refractivity contribution in [3.05, 3.63) is 24.3 Å². The number of hydrogen-bond acceptors (Lipinski definition) is 7. The quantitative estimate of drug-likeness (QED) is 0.178. The van der Waals surface area contributed by atoms with Crippen LogP contribution < -0.4 is 40.6 Å². The first-order chi connectivity index (χ1) is 11.6. The first-order valence-electron chi connectivity index (χ1n) is 6.21. The largest absolute Gasteiger partial charge is 1.00 e. The van der Waals surface area contributed by atoms with Gasteiger partial charge in [-0.15, -0.1) is 0 Å². The molecule has 27 heavy (non-hydrogen) atoms. The zero-order valence-electron chi connectivity index (χ0n) is 14.3. The molecule has 0 fully saturated rings. The molecule has 0 atom stereocenters. The van der Waals surface area contributed by atoms with Crippen molar-refractivity contribution in [1.29, 1.82) is 0 Å². The summed E-state index contributed by atoms with van der Waals surface area (Å²) in [6.45, 7) is 0. The number of anilines is 1. The predicted molar refractivity (Wildman–Crippen MR) is 94.9 cm³/mol. The first-order valence-corrected chi connectivity index (χ1v) is 10.9. The van der Waals surface area contributed by atoms with Crippen LogP contribution in [0, 0.1) is 0 Å². The van der Waals surface area contributed by atoms with Crippen molar-refractivity contribution in [2.24, 2.45) is 5.73 Å². The minimum absolute atomic E-state index is 0. The molecule has 0 aliphatic heterocycles. The molecule has 0 aliphatic carbocycles. The Morgan fingerprint density at radius 2 is 1.33 bits per heavy atom. The third-order valence-corrected chi connectivity index (χ3v) is 5.73. The Morgan fingerprint density at radius 3 is 1.70 bits per heavy atom. The summed E-state index contributed by atoms with van der Waals surface area (Å²) in [6.07, 6.45) is 0. The van der Waals surface area contributed by atoms with E-state index in [-0.39, 0.29) is 47.4 Å². The van der Waals surface area contributed by atoms with Crippen LogP contribution in [0.5, 0.6) is 0 Å². The van der Waals surface area contributed by atoms with Crippen molar-refractivity contribution in [2.45, 2.75) is 14.7 Å². The Morgan fingerprint density at radius 1 is 0.889 bits per heavy atom. The van der Waals surface area contributed by atoms with E-state index in [2.05, 4.69) is 17.5 Å². The molecule has 0 heterocycles. The van der Waals surface area contributed by atoms with E-state index in [0.29, 0.717) is 6.07 Å². The van der Waals surface area contributed by atoms with Crippen LogP contribution in [-0.4, -0.2) is 44.0 Å². The zero-order chi connectivity index (χ0) is 20.1. The zero-order valence-corrected chi connectivity index (χ0v) is 18.6. The molecule has 0 aliphatic rings. The van der Waals surface area contributed by atoms with Crippen LogP contribution in [0.2, 0.25) is 0 Å². The molecular weight excluding hydrogens is 455 g/mol. The monoisotopic (exact) mass is 466 g/mol. The van der Waals surface area contributed by atoms with E-state index in [9.17, 15) is 34.4 Å². The van der Waals surface area contributed by atoms with Crippen molar-refractivity contribution in [3.63, 3.8) is 0 Å². The van der Waals surface area contributed by atoms with Gasteiger partial charge in [0, 0.05) is 5.39 Å². The fourth-order valence-corrected chi connectivity index (χ4v) is 4.19. The third-order valence-electron chi connectivity index (χ3n) is 3.09. The Labute approximate surface area is 183 Å². The van der Waals surface area contributed by atoms with Gasteiger partial charge in [-0.25, -0.2) is 0 Å². The summed E-state index contributed by atoms with van der Waals surface area (Å²) in [5.41, 5.74) is 4.94. The van der Waals surface area contributed by atoms with Gasteiger partial charge in [-0.1, -0.05) is 0 Å². The molecule has 144 valence electrons. The Balaban J connectivity index is 0.00000364. The van der Waals surface area contributed by atoms with Gasteiger partial charge >= 0.3 is 29.6 Å². The summed E-state index contributed by atoms with van der Waals surface area (Å²) in [5.74, 6) is 0. The molecule has 0 saturated heterocycles. The van der Waals surface area contributed by atoms with E-state index < -0.39 is 50.2 Å². The smallest absolute Gasteiger partial charge is 1.00 e. The Kier molecular flexibility index (Phi) is 7.03. The van der Waals surface area contributed by atoms with Gasteiger partial charge < -0.3 is 12.5 Å². The number of fused-ring (bicyclic) bond motifs is 1. The summed E-state index contributed by atoms with van der Waals surface area (Å²) in [5, 5.41) is 1.11. The Hall–Kier alpha value is -0.880. The molecule has 0 radical (unpaired) electrons. The SMILES string of the molecule is NC(=S)Nc1cc(S(=O)(=O)O)cc2cc(S(=O)(=O)O)cc(S(=O)(=O)O)c12.[H-].[Na+]. The number of thiocarbonyl (C=S) groups is 1. The fraction of sp³-hybridized carbons (Fsp3) is 0. The number of rotatable bonds is 4. The van der Waals surface area contributed by atoms with Gasteiger partial charge in [-0.2, -0.15) is 25.3 Å². The molecule has 0 spiro atoms. The maximum absolute atomic E-state index is 11.7. The van der Waals surface area contributed by atoms with Crippen molar-refractivity contribution >= 4 is 64.1 Å². The van der Waals surface area contributed by atoms with Gasteiger partial charge in [-0.3, -0.25) is 13.7 Å². The standard InChI is InChI=1S/C11H10N2O9S4.Na.H/c12-11(23)13-8-3-6(24(14,15)16)1-5-2-7(25(17,18)19)4-9(10(5)8)26(20,21)22;;/h1-4H,(H3,12,13,23)(H,14,15,16)(H,17,18,19)(H,20,21,22);;/q;+1;-1. The second-order valence-electron chi connectivity index (χ2n) is 4.90. The third kappa shape index (κ3) is 5.57. The minimum Gasteiger partial charge on any atom is -1.00 e. The normalized spacial score (nSPS) is 12.4. The number of nitrogens with one attached hydrogen (secondary N) is 1. The van der Waals surface area contributed by atoms with Gasteiger partial charge in [0.1, 0.15) is 4.90 Å². The topological polar surface area (TPSA) is 201 Å². The van der Waals surface area contributed by atoms with Crippen LogP contribution in [-0.2, 0) is 30.4 Å². The summed E-state index contributed by atoms with van der Waals surface area (Å²) >= 11 is 4.61. The van der Waals surface area contributed by atoms with E-state index in [0.717, 1.165) is 18.2 Å². The summed E-state index contributed by atoms with van der Waals surface area (Å²) in [4.78, 5) is -2.66. The minimum atomic E-state index is -5.03. The maximum Gasteiger partial charge on any atom is 1.00 e. The molecule has 2 rings (SSSR count). The molecule has 0 amide bonds. The molecule has 0 saturated carbocycles. The summed E-state index contributed by atoms with van der Waals surface area (Å²) < 4.78 is 96.6. The van der Waals surface area contributed by atoms with Gasteiger partial charge in [0.05, 0.1) is 15.5 Å².